The van der Waals surface area contributed by atoms with Gasteiger partial charge in [-0.1, -0.05) is 6.07 Å². The van der Waals surface area contributed by atoms with E-state index < -0.39 is 5.41 Å². The summed E-state index contributed by atoms with van der Waals surface area (Å²) in [7, 11) is 0. The molecule has 1 unspecified atom stereocenters. The molecule has 0 spiro atoms. The zero-order chi connectivity index (χ0) is 16.3. The first-order valence-corrected chi connectivity index (χ1v) is 8.26. The molecule has 23 heavy (non-hydrogen) atoms. The summed E-state index contributed by atoms with van der Waals surface area (Å²) < 4.78 is 22.2. The maximum absolute atomic E-state index is 12.5. The van der Waals surface area contributed by atoms with Crippen molar-refractivity contribution in [2.75, 3.05) is 26.4 Å². The number of carbonyl (C=O) groups excluding carboxylic acids is 1. The highest BCUT2D eigenvalue weighted by Gasteiger charge is 2.33. The number of carbonyl (C=O) groups is 1. The Hall–Kier alpha value is -1.75. The summed E-state index contributed by atoms with van der Waals surface area (Å²) in [6.45, 7) is 5.89. The van der Waals surface area contributed by atoms with E-state index in [1.54, 1.807) is 0 Å². The third-order valence-electron chi connectivity index (χ3n) is 4.45. The second-order valence-electron chi connectivity index (χ2n) is 6.57. The third kappa shape index (κ3) is 3.61. The van der Waals surface area contributed by atoms with Gasteiger partial charge in [0.2, 0.25) is 0 Å². The van der Waals surface area contributed by atoms with Gasteiger partial charge >= 0.3 is 5.97 Å². The van der Waals surface area contributed by atoms with Gasteiger partial charge in [-0.25, -0.2) is 0 Å². The topological polar surface area (TPSA) is 54.0 Å². The van der Waals surface area contributed by atoms with Gasteiger partial charge in [-0.05, 0) is 50.8 Å². The van der Waals surface area contributed by atoms with Crippen LogP contribution in [0.4, 0.5) is 0 Å². The van der Waals surface area contributed by atoms with Crippen molar-refractivity contribution >= 4 is 5.97 Å². The molecule has 126 valence electrons. The van der Waals surface area contributed by atoms with Crippen LogP contribution in [0.25, 0.3) is 0 Å². The van der Waals surface area contributed by atoms with Gasteiger partial charge in [-0.15, -0.1) is 0 Å². The Kier molecular flexibility index (Phi) is 4.76. The van der Waals surface area contributed by atoms with Gasteiger partial charge in [-0.2, -0.15) is 0 Å². The molecule has 2 aliphatic heterocycles. The zero-order valence-corrected chi connectivity index (χ0v) is 13.8. The van der Waals surface area contributed by atoms with Gasteiger partial charge in [0.05, 0.1) is 11.5 Å². The third-order valence-corrected chi connectivity index (χ3v) is 4.45. The summed E-state index contributed by atoms with van der Waals surface area (Å²) in [6.07, 6.45) is 3.21. The predicted molar refractivity (Wildman–Crippen MR) is 85.0 cm³/mol. The van der Waals surface area contributed by atoms with Crippen LogP contribution in [-0.4, -0.2) is 38.5 Å². The molecule has 0 aliphatic carbocycles. The first-order chi connectivity index (χ1) is 11.1. The Labute approximate surface area is 136 Å². The lowest BCUT2D eigenvalue weighted by molar-refractivity contribution is -0.154. The fourth-order valence-electron chi connectivity index (χ4n) is 2.84. The van der Waals surface area contributed by atoms with Crippen LogP contribution < -0.4 is 9.47 Å². The monoisotopic (exact) mass is 320 g/mol. The van der Waals surface area contributed by atoms with Crippen LogP contribution in [0.15, 0.2) is 18.2 Å². The molecule has 1 saturated heterocycles. The number of fused-ring (bicyclic) bond motifs is 1. The number of esters is 1. The molecule has 0 aromatic heterocycles. The maximum atomic E-state index is 12.5. The fraction of sp³-hybridized carbons (Fsp3) is 0.611. The van der Waals surface area contributed by atoms with Gasteiger partial charge in [0.15, 0.2) is 11.5 Å². The molecular weight excluding hydrogens is 296 g/mol. The van der Waals surface area contributed by atoms with Crippen molar-refractivity contribution in [2.45, 2.75) is 44.6 Å². The van der Waals surface area contributed by atoms with Crippen LogP contribution >= 0.6 is 0 Å². The highest BCUT2D eigenvalue weighted by atomic mass is 16.6. The summed E-state index contributed by atoms with van der Waals surface area (Å²) in [6, 6.07) is 5.61. The van der Waals surface area contributed by atoms with Crippen LogP contribution in [0.1, 0.15) is 38.7 Å². The summed E-state index contributed by atoms with van der Waals surface area (Å²) in [5.74, 6) is 1.16. The summed E-state index contributed by atoms with van der Waals surface area (Å²) >= 11 is 0. The first kappa shape index (κ1) is 16.1. The summed E-state index contributed by atoms with van der Waals surface area (Å²) in [5.41, 5.74) is 0.112. The van der Waals surface area contributed by atoms with Crippen molar-refractivity contribution in [3.63, 3.8) is 0 Å². The van der Waals surface area contributed by atoms with E-state index in [2.05, 4.69) is 0 Å². The van der Waals surface area contributed by atoms with E-state index in [-0.39, 0.29) is 12.1 Å². The van der Waals surface area contributed by atoms with E-state index in [1.165, 1.54) is 0 Å². The van der Waals surface area contributed by atoms with E-state index in [0.29, 0.717) is 25.6 Å². The van der Waals surface area contributed by atoms with Crippen molar-refractivity contribution in [1.82, 2.24) is 0 Å². The molecule has 1 aromatic carbocycles. The highest BCUT2D eigenvalue weighted by molar-refractivity contribution is 5.82. The van der Waals surface area contributed by atoms with Gasteiger partial charge in [-0.3, -0.25) is 4.79 Å². The van der Waals surface area contributed by atoms with Crippen LogP contribution in [0, 0.1) is 0 Å². The average molecular weight is 320 g/mol. The molecular formula is C18H24O5. The van der Waals surface area contributed by atoms with Crippen molar-refractivity contribution < 1.29 is 23.7 Å². The maximum Gasteiger partial charge on any atom is 0.316 e. The number of ether oxygens (including phenoxy) is 4. The minimum absolute atomic E-state index is 0.0313. The van der Waals surface area contributed by atoms with Crippen molar-refractivity contribution in [3.8, 4) is 11.5 Å². The predicted octanol–water partition coefficient (Wildman–Crippen LogP) is 2.85. The van der Waals surface area contributed by atoms with E-state index in [4.69, 9.17) is 18.9 Å². The molecule has 5 heteroatoms. The Morgan fingerprint density at radius 2 is 1.96 bits per heavy atom. The Balaban J connectivity index is 1.66. The largest absolute Gasteiger partial charge is 0.486 e. The second kappa shape index (κ2) is 6.79. The molecule has 0 amide bonds. The smallest absolute Gasteiger partial charge is 0.316 e. The second-order valence-corrected chi connectivity index (χ2v) is 6.57. The van der Waals surface area contributed by atoms with Crippen LogP contribution in [0.3, 0.4) is 0 Å². The zero-order valence-electron chi connectivity index (χ0n) is 13.8. The minimum atomic E-state index is -0.746. The number of hydrogen-bond acceptors (Lipinski definition) is 5. The van der Waals surface area contributed by atoms with Crippen molar-refractivity contribution in [3.05, 3.63) is 23.8 Å². The summed E-state index contributed by atoms with van der Waals surface area (Å²) in [4.78, 5) is 12.5. The molecule has 0 N–H and O–H groups in total. The van der Waals surface area contributed by atoms with E-state index in [1.807, 2.05) is 32.0 Å². The standard InChI is InChI=1S/C18H24O5/c1-18(2,17(19)23-12-14-5-3-4-8-20-14)13-6-7-15-16(11-13)22-10-9-21-15/h6-7,11,14H,3-5,8-10,12H2,1-2H3. The Morgan fingerprint density at radius 3 is 2.70 bits per heavy atom. The molecule has 0 radical (unpaired) electrons. The SMILES string of the molecule is CC(C)(C(=O)OCC1CCCCO1)c1ccc2c(c1)OCCO2. The lowest BCUT2D eigenvalue weighted by atomic mass is 9.84. The summed E-state index contributed by atoms with van der Waals surface area (Å²) in [5, 5.41) is 0. The number of hydrogen-bond donors (Lipinski definition) is 0. The van der Waals surface area contributed by atoms with Crippen molar-refractivity contribution in [2.24, 2.45) is 0 Å². The Bertz CT molecular complexity index is 561. The molecule has 3 rings (SSSR count). The molecule has 0 bridgehead atoms. The molecule has 1 aromatic rings. The lowest BCUT2D eigenvalue weighted by Gasteiger charge is -2.27. The lowest BCUT2D eigenvalue weighted by Crippen LogP contribution is -2.34. The quantitative estimate of drug-likeness (QED) is 0.799. The molecule has 5 nitrogen and oxygen atoms in total. The van der Waals surface area contributed by atoms with E-state index in [9.17, 15) is 4.79 Å². The average Bonchev–Trinajstić information content (AvgIpc) is 2.60. The number of benzene rings is 1. The van der Waals surface area contributed by atoms with Crippen LogP contribution in [0.2, 0.25) is 0 Å². The van der Waals surface area contributed by atoms with Crippen LogP contribution in [-0.2, 0) is 19.7 Å². The van der Waals surface area contributed by atoms with Crippen molar-refractivity contribution in [1.29, 1.82) is 0 Å². The molecule has 0 saturated carbocycles. The van der Waals surface area contributed by atoms with Gasteiger partial charge in [0.1, 0.15) is 19.8 Å². The molecule has 1 fully saturated rings. The van der Waals surface area contributed by atoms with Gasteiger partial charge in [0, 0.05) is 6.61 Å². The Morgan fingerprint density at radius 1 is 1.17 bits per heavy atom. The first-order valence-electron chi connectivity index (χ1n) is 8.26. The molecule has 2 heterocycles. The van der Waals surface area contributed by atoms with Gasteiger partial charge < -0.3 is 18.9 Å². The highest BCUT2D eigenvalue weighted by Crippen LogP contribution is 2.35. The normalized spacial score (nSPS) is 20.9. The molecule has 1 atom stereocenters. The fourth-order valence-corrected chi connectivity index (χ4v) is 2.84. The van der Waals surface area contributed by atoms with E-state index >= 15 is 0 Å². The number of rotatable bonds is 4. The van der Waals surface area contributed by atoms with E-state index in [0.717, 1.165) is 37.2 Å². The van der Waals surface area contributed by atoms with Crippen LogP contribution in [0.5, 0.6) is 11.5 Å². The van der Waals surface area contributed by atoms with Gasteiger partial charge in [0.25, 0.3) is 0 Å². The molecule has 2 aliphatic rings. The minimum Gasteiger partial charge on any atom is -0.486 e.